The summed E-state index contributed by atoms with van der Waals surface area (Å²) in [5.41, 5.74) is 0. The van der Waals surface area contributed by atoms with Crippen LogP contribution in [0.4, 0.5) is 0 Å². The largest absolute Gasteiger partial charge is 0.457 e. The van der Waals surface area contributed by atoms with Crippen LogP contribution in [0, 0.1) is 0 Å². The SMILES string of the molecule is CCCCO[C@H]1[C@H](OC(C)=O)[C@@H](COC)OC[C@@H]1OC. The molecule has 4 atom stereocenters. The highest BCUT2D eigenvalue weighted by Gasteiger charge is 2.43. The fourth-order valence-corrected chi connectivity index (χ4v) is 2.24. The molecule has 1 saturated heterocycles. The van der Waals surface area contributed by atoms with Gasteiger partial charge in [-0.2, -0.15) is 0 Å². The van der Waals surface area contributed by atoms with Gasteiger partial charge in [-0.15, -0.1) is 0 Å². The van der Waals surface area contributed by atoms with E-state index in [4.69, 9.17) is 23.7 Å². The number of carbonyl (C=O) groups is 1. The van der Waals surface area contributed by atoms with Gasteiger partial charge in [0.25, 0.3) is 0 Å². The van der Waals surface area contributed by atoms with Crippen molar-refractivity contribution in [3.05, 3.63) is 0 Å². The Morgan fingerprint density at radius 1 is 1.30 bits per heavy atom. The van der Waals surface area contributed by atoms with Crippen molar-refractivity contribution in [1.29, 1.82) is 0 Å². The zero-order chi connectivity index (χ0) is 15.0. The first-order chi connectivity index (χ1) is 9.63. The van der Waals surface area contributed by atoms with Gasteiger partial charge in [0.05, 0.1) is 13.2 Å². The van der Waals surface area contributed by atoms with Crippen LogP contribution >= 0.6 is 0 Å². The molecule has 0 aliphatic carbocycles. The zero-order valence-corrected chi connectivity index (χ0v) is 12.8. The zero-order valence-electron chi connectivity index (χ0n) is 12.8. The molecule has 0 N–H and O–H groups in total. The van der Waals surface area contributed by atoms with Gasteiger partial charge in [0.2, 0.25) is 0 Å². The second-order valence-corrected chi connectivity index (χ2v) is 4.86. The Balaban J connectivity index is 2.76. The van der Waals surface area contributed by atoms with Crippen LogP contribution in [0.15, 0.2) is 0 Å². The summed E-state index contributed by atoms with van der Waals surface area (Å²) >= 11 is 0. The van der Waals surface area contributed by atoms with Crippen molar-refractivity contribution in [3.63, 3.8) is 0 Å². The Labute approximate surface area is 120 Å². The summed E-state index contributed by atoms with van der Waals surface area (Å²) in [5, 5.41) is 0. The normalized spacial score (nSPS) is 30.2. The molecular formula is C14H26O6. The van der Waals surface area contributed by atoms with Gasteiger partial charge >= 0.3 is 5.97 Å². The summed E-state index contributed by atoms with van der Waals surface area (Å²) < 4.78 is 27.4. The second-order valence-electron chi connectivity index (χ2n) is 4.86. The molecule has 0 bridgehead atoms. The molecule has 0 saturated carbocycles. The smallest absolute Gasteiger partial charge is 0.303 e. The van der Waals surface area contributed by atoms with E-state index in [1.54, 1.807) is 14.2 Å². The van der Waals surface area contributed by atoms with Crippen LogP contribution in [0.3, 0.4) is 0 Å². The van der Waals surface area contributed by atoms with E-state index in [0.717, 1.165) is 12.8 Å². The lowest BCUT2D eigenvalue weighted by atomic mass is 9.99. The summed E-state index contributed by atoms with van der Waals surface area (Å²) in [6.45, 7) is 4.83. The quantitative estimate of drug-likeness (QED) is 0.494. The van der Waals surface area contributed by atoms with Crippen molar-refractivity contribution in [2.45, 2.75) is 51.1 Å². The van der Waals surface area contributed by atoms with Crippen LogP contribution < -0.4 is 0 Å². The van der Waals surface area contributed by atoms with E-state index in [2.05, 4.69) is 6.92 Å². The van der Waals surface area contributed by atoms with Gasteiger partial charge in [-0.25, -0.2) is 0 Å². The molecule has 1 aliphatic heterocycles. The molecule has 6 heteroatoms. The minimum atomic E-state index is -0.511. The van der Waals surface area contributed by atoms with Crippen molar-refractivity contribution in [3.8, 4) is 0 Å². The van der Waals surface area contributed by atoms with Crippen molar-refractivity contribution in [2.75, 3.05) is 34.0 Å². The van der Waals surface area contributed by atoms with Gasteiger partial charge in [0.15, 0.2) is 6.10 Å². The van der Waals surface area contributed by atoms with Gasteiger partial charge in [-0.05, 0) is 6.42 Å². The predicted molar refractivity (Wildman–Crippen MR) is 72.6 cm³/mol. The Morgan fingerprint density at radius 2 is 2.05 bits per heavy atom. The maximum absolute atomic E-state index is 11.3. The van der Waals surface area contributed by atoms with Gasteiger partial charge in [-0.3, -0.25) is 4.79 Å². The molecule has 1 fully saturated rings. The lowest BCUT2D eigenvalue weighted by molar-refractivity contribution is -0.230. The number of hydrogen-bond donors (Lipinski definition) is 0. The molecular weight excluding hydrogens is 264 g/mol. The van der Waals surface area contributed by atoms with Crippen LogP contribution in [-0.2, 0) is 28.5 Å². The van der Waals surface area contributed by atoms with E-state index < -0.39 is 6.10 Å². The Hall–Kier alpha value is -0.690. The lowest BCUT2D eigenvalue weighted by Gasteiger charge is -2.40. The van der Waals surface area contributed by atoms with E-state index in [1.165, 1.54) is 6.92 Å². The van der Waals surface area contributed by atoms with Crippen LogP contribution in [-0.4, -0.2) is 64.4 Å². The van der Waals surface area contributed by atoms with Gasteiger partial charge in [-0.1, -0.05) is 13.3 Å². The molecule has 0 aromatic heterocycles. The lowest BCUT2D eigenvalue weighted by Crippen LogP contribution is -2.57. The van der Waals surface area contributed by atoms with E-state index in [1.807, 2.05) is 0 Å². The van der Waals surface area contributed by atoms with Gasteiger partial charge in [0, 0.05) is 27.8 Å². The molecule has 0 spiro atoms. The van der Waals surface area contributed by atoms with E-state index in [9.17, 15) is 4.79 Å². The molecule has 0 amide bonds. The van der Waals surface area contributed by atoms with E-state index in [0.29, 0.717) is 19.8 Å². The van der Waals surface area contributed by atoms with Crippen LogP contribution in [0.5, 0.6) is 0 Å². The van der Waals surface area contributed by atoms with Crippen LogP contribution in [0.25, 0.3) is 0 Å². The first-order valence-corrected chi connectivity index (χ1v) is 7.06. The number of unbranched alkanes of at least 4 members (excludes halogenated alkanes) is 1. The number of methoxy groups -OCH3 is 2. The topological polar surface area (TPSA) is 63.2 Å². The Morgan fingerprint density at radius 3 is 2.60 bits per heavy atom. The molecule has 0 radical (unpaired) electrons. The molecule has 1 heterocycles. The van der Waals surface area contributed by atoms with E-state index in [-0.39, 0.29) is 24.3 Å². The highest BCUT2D eigenvalue weighted by atomic mass is 16.6. The number of hydrogen-bond acceptors (Lipinski definition) is 6. The number of carbonyl (C=O) groups excluding carboxylic acids is 1. The van der Waals surface area contributed by atoms with E-state index >= 15 is 0 Å². The van der Waals surface area contributed by atoms with Crippen LogP contribution in [0.2, 0.25) is 0 Å². The fourth-order valence-electron chi connectivity index (χ4n) is 2.24. The first kappa shape index (κ1) is 17.4. The predicted octanol–water partition coefficient (Wildman–Crippen LogP) is 1.16. The van der Waals surface area contributed by atoms with Crippen LogP contribution in [0.1, 0.15) is 26.7 Å². The molecule has 1 rings (SSSR count). The monoisotopic (exact) mass is 290 g/mol. The molecule has 0 unspecified atom stereocenters. The fraction of sp³-hybridized carbons (Fsp3) is 0.929. The first-order valence-electron chi connectivity index (χ1n) is 7.06. The van der Waals surface area contributed by atoms with Gasteiger partial charge < -0.3 is 23.7 Å². The van der Waals surface area contributed by atoms with Crippen molar-refractivity contribution in [1.82, 2.24) is 0 Å². The van der Waals surface area contributed by atoms with Crippen molar-refractivity contribution in [2.24, 2.45) is 0 Å². The minimum absolute atomic E-state index is 0.246. The summed E-state index contributed by atoms with van der Waals surface area (Å²) in [7, 11) is 3.19. The maximum atomic E-state index is 11.3. The third-order valence-corrected chi connectivity index (χ3v) is 3.28. The maximum Gasteiger partial charge on any atom is 0.303 e. The Bertz CT molecular complexity index is 283. The molecule has 6 nitrogen and oxygen atoms in total. The standard InChI is InChI=1S/C14H26O6/c1-5-6-7-18-13-11(17-4)9-19-12(8-16-3)14(13)20-10(2)15/h11-14H,5-9H2,1-4H3/t11-,12+,13+,14+/m0/s1. The highest BCUT2D eigenvalue weighted by molar-refractivity contribution is 5.66. The average molecular weight is 290 g/mol. The molecule has 0 aromatic rings. The summed E-state index contributed by atoms with van der Waals surface area (Å²) in [5.74, 6) is -0.361. The highest BCUT2D eigenvalue weighted by Crippen LogP contribution is 2.24. The summed E-state index contributed by atoms with van der Waals surface area (Å²) in [4.78, 5) is 11.3. The number of rotatable bonds is 8. The minimum Gasteiger partial charge on any atom is -0.457 e. The molecule has 1 aliphatic rings. The van der Waals surface area contributed by atoms with Gasteiger partial charge in [0.1, 0.15) is 18.3 Å². The Kier molecular flexibility index (Phi) is 8.06. The number of esters is 1. The third kappa shape index (κ3) is 5.01. The van der Waals surface area contributed by atoms with Crippen molar-refractivity contribution >= 4 is 5.97 Å². The molecule has 0 aromatic carbocycles. The third-order valence-electron chi connectivity index (χ3n) is 3.28. The molecule has 118 valence electrons. The number of ether oxygens (including phenoxy) is 5. The van der Waals surface area contributed by atoms with Crippen molar-refractivity contribution < 1.29 is 28.5 Å². The summed E-state index contributed by atoms with van der Waals surface area (Å²) in [6.07, 6.45) is 0.578. The second kappa shape index (κ2) is 9.28. The average Bonchev–Trinajstić information content (AvgIpc) is 2.42. The summed E-state index contributed by atoms with van der Waals surface area (Å²) in [6, 6.07) is 0. The molecule has 20 heavy (non-hydrogen) atoms.